The van der Waals surface area contributed by atoms with Gasteiger partial charge in [-0.25, -0.2) is 4.79 Å². The van der Waals surface area contributed by atoms with Crippen molar-refractivity contribution >= 4 is 45.7 Å². The van der Waals surface area contributed by atoms with Crippen molar-refractivity contribution in [2.24, 2.45) is 0 Å². The molecule has 0 saturated carbocycles. The zero-order valence-corrected chi connectivity index (χ0v) is 19.2. The van der Waals surface area contributed by atoms with E-state index in [-0.39, 0.29) is 18.7 Å². The molecular formula is C22H20ClN5O4S. The molecule has 0 radical (unpaired) electrons. The highest BCUT2D eigenvalue weighted by Gasteiger charge is 2.34. The van der Waals surface area contributed by atoms with Gasteiger partial charge in [-0.15, -0.1) is 10.2 Å². The molecule has 0 aliphatic carbocycles. The number of likely N-dealkylation sites (tertiary alicyclic amines) is 1. The highest BCUT2D eigenvalue weighted by Crippen LogP contribution is 2.37. The third kappa shape index (κ3) is 4.44. The van der Waals surface area contributed by atoms with Gasteiger partial charge in [0, 0.05) is 22.8 Å². The van der Waals surface area contributed by atoms with Crippen LogP contribution in [0.4, 0.5) is 15.6 Å². The van der Waals surface area contributed by atoms with Crippen LogP contribution in [-0.2, 0) is 4.79 Å². The van der Waals surface area contributed by atoms with Crippen molar-refractivity contribution in [3.8, 4) is 22.1 Å². The maximum Gasteiger partial charge on any atom is 0.322 e. The fourth-order valence-corrected chi connectivity index (χ4v) is 4.68. The molecule has 1 saturated heterocycles. The quantitative estimate of drug-likeness (QED) is 0.562. The number of halogens is 1. The van der Waals surface area contributed by atoms with Gasteiger partial charge >= 0.3 is 6.03 Å². The third-order valence-electron chi connectivity index (χ3n) is 5.51. The van der Waals surface area contributed by atoms with E-state index in [1.54, 1.807) is 12.1 Å². The maximum absolute atomic E-state index is 12.9. The Bertz CT molecular complexity index is 1230. The molecule has 11 heteroatoms. The Labute approximate surface area is 198 Å². The summed E-state index contributed by atoms with van der Waals surface area (Å²) >= 11 is 7.40. The largest absolute Gasteiger partial charge is 0.454 e. The molecule has 1 fully saturated rings. The van der Waals surface area contributed by atoms with Gasteiger partial charge in [0.2, 0.25) is 17.8 Å². The summed E-state index contributed by atoms with van der Waals surface area (Å²) in [7, 11) is 0. The van der Waals surface area contributed by atoms with Crippen LogP contribution in [0.5, 0.6) is 11.5 Å². The molecular weight excluding hydrogens is 466 g/mol. The summed E-state index contributed by atoms with van der Waals surface area (Å²) in [5, 5.41) is 15.4. The molecule has 9 nitrogen and oxygen atoms in total. The summed E-state index contributed by atoms with van der Waals surface area (Å²) in [6.07, 6.45) is 1.31. The van der Waals surface area contributed by atoms with E-state index in [0.717, 1.165) is 17.5 Å². The van der Waals surface area contributed by atoms with Crippen LogP contribution in [0, 0.1) is 6.92 Å². The minimum absolute atomic E-state index is 0.193. The van der Waals surface area contributed by atoms with Gasteiger partial charge in [0.1, 0.15) is 11.0 Å². The van der Waals surface area contributed by atoms with Gasteiger partial charge in [-0.3, -0.25) is 10.1 Å². The summed E-state index contributed by atoms with van der Waals surface area (Å²) in [5.74, 6) is 1.04. The Morgan fingerprint density at radius 2 is 1.97 bits per heavy atom. The van der Waals surface area contributed by atoms with Crippen molar-refractivity contribution in [3.05, 3.63) is 47.0 Å². The van der Waals surface area contributed by atoms with Crippen molar-refractivity contribution in [1.29, 1.82) is 0 Å². The lowest BCUT2D eigenvalue weighted by Crippen LogP contribution is -2.45. The van der Waals surface area contributed by atoms with Crippen LogP contribution in [0.1, 0.15) is 18.4 Å². The van der Waals surface area contributed by atoms with Crippen LogP contribution < -0.4 is 20.1 Å². The monoisotopic (exact) mass is 485 g/mol. The van der Waals surface area contributed by atoms with Crippen LogP contribution >= 0.6 is 22.9 Å². The van der Waals surface area contributed by atoms with Crippen molar-refractivity contribution in [2.45, 2.75) is 25.8 Å². The maximum atomic E-state index is 12.9. The number of urea groups is 1. The fraction of sp³-hybridized carbons (Fsp3) is 0.273. The molecule has 2 aliphatic heterocycles. The standard InChI is InChI=1S/C22H20ClN5O4S/c1-12-4-6-14(10-15(12)23)24-22(30)28-8-2-3-16(28)19(29)25-21-27-26-20(33-21)13-5-7-17-18(9-13)32-11-31-17/h4-7,9-10,16H,2-3,8,11H2,1H3,(H,24,30)(H,25,27,29). The van der Waals surface area contributed by atoms with Crippen LogP contribution in [0.3, 0.4) is 0 Å². The lowest BCUT2D eigenvalue weighted by atomic mass is 10.2. The first-order valence-corrected chi connectivity index (χ1v) is 11.6. The number of nitrogens with zero attached hydrogens (tertiary/aromatic N) is 3. The first-order chi connectivity index (χ1) is 16.0. The van der Waals surface area contributed by atoms with Gasteiger partial charge in [-0.1, -0.05) is 29.0 Å². The Hall–Kier alpha value is -3.37. The summed E-state index contributed by atoms with van der Waals surface area (Å²) in [6.45, 7) is 2.57. The predicted octanol–water partition coefficient (Wildman–Crippen LogP) is 4.53. The van der Waals surface area contributed by atoms with E-state index < -0.39 is 6.04 Å². The Balaban J connectivity index is 1.24. The number of aromatic nitrogens is 2. The number of hydrogen-bond donors (Lipinski definition) is 2. The molecule has 1 atom stereocenters. The smallest absolute Gasteiger partial charge is 0.322 e. The van der Waals surface area contributed by atoms with E-state index in [4.69, 9.17) is 21.1 Å². The lowest BCUT2D eigenvalue weighted by molar-refractivity contribution is -0.119. The van der Waals surface area contributed by atoms with Crippen LogP contribution in [0.15, 0.2) is 36.4 Å². The van der Waals surface area contributed by atoms with Crippen molar-refractivity contribution < 1.29 is 19.1 Å². The molecule has 3 aromatic rings. The second kappa shape index (κ2) is 8.87. The number of rotatable bonds is 4. The van der Waals surface area contributed by atoms with Crippen molar-refractivity contribution in [1.82, 2.24) is 15.1 Å². The molecule has 1 aromatic heterocycles. The topological polar surface area (TPSA) is 106 Å². The van der Waals surface area contributed by atoms with E-state index >= 15 is 0 Å². The van der Waals surface area contributed by atoms with Gasteiger partial charge in [-0.2, -0.15) is 0 Å². The normalized spacial score (nSPS) is 16.7. The van der Waals surface area contributed by atoms with E-state index in [0.29, 0.717) is 45.3 Å². The molecule has 2 aliphatic rings. The van der Waals surface area contributed by atoms with Gasteiger partial charge in [0.25, 0.3) is 0 Å². The third-order valence-corrected chi connectivity index (χ3v) is 6.81. The van der Waals surface area contributed by atoms with Gasteiger partial charge in [-0.05, 0) is 55.7 Å². The summed E-state index contributed by atoms with van der Waals surface area (Å²) in [6, 6.07) is 9.87. The van der Waals surface area contributed by atoms with Crippen molar-refractivity contribution in [3.63, 3.8) is 0 Å². The Kier molecular flexibility index (Phi) is 5.77. The number of carbonyl (C=O) groups is 2. The summed E-state index contributed by atoms with van der Waals surface area (Å²) in [4.78, 5) is 27.3. The number of amides is 3. The van der Waals surface area contributed by atoms with E-state index in [2.05, 4.69) is 20.8 Å². The average molecular weight is 486 g/mol. The number of fused-ring (bicyclic) bond motifs is 1. The number of aryl methyl sites for hydroxylation is 1. The first kappa shape index (κ1) is 21.5. The number of benzene rings is 2. The fourth-order valence-electron chi connectivity index (χ4n) is 3.76. The number of hydrogen-bond acceptors (Lipinski definition) is 7. The van der Waals surface area contributed by atoms with Gasteiger partial charge in [0.15, 0.2) is 11.5 Å². The molecule has 0 bridgehead atoms. The second-order valence-corrected chi connectivity index (χ2v) is 9.10. The molecule has 0 spiro atoms. The summed E-state index contributed by atoms with van der Waals surface area (Å²) < 4.78 is 10.7. The molecule has 3 amide bonds. The zero-order chi connectivity index (χ0) is 22.9. The molecule has 3 heterocycles. The highest BCUT2D eigenvalue weighted by molar-refractivity contribution is 7.18. The number of anilines is 2. The van der Waals surface area contributed by atoms with Crippen molar-refractivity contribution in [2.75, 3.05) is 24.0 Å². The van der Waals surface area contributed by atoms with Gasteiger partial charge < -0.3 is 19.7 Å². The molecule has 2 N–H and O–H groups in total. The Morgan fingerprint density at radius 1 is 1.12 bits per heavy atom. The zero-order valence-electron chi connectivity index (χ0n) is 17.6. The molecule has 1 unspecified atom stereocenters. The lowest BCUT2D eigenvalue weighted by Gasteiger charge is -2.24. The number of nitrogens with one attached hydrogen (secondary N) is 2. The molecule has 5 rings (SSSR count). The molecule has 170 valence electrons. The molecule has 33 heavy (non-hydrogen) atoms. The minimum atomic E-state index is -0.594. The minimum Gasteiger partial charge on any atom is -0.454 e. The first-order valence-electron chi connectivity index (χ1n) is 10.4. The van der Waals surface area contributed by atoms with E-state index in [1.807, 2.05) is 31.2 Å². The SMILES string of the molecule is Cc1ccc(NC(=O)N2CCCC2C(=O)Nc2nnc(-c3ccc4c(c3)OCO4)s2)cc1Cl. The molecule has 2 aromatic carbocycles. The van der Waals surface area contributed by atoms with Gasteiger partial charge in [0.05, 0.1) is 0 Å². The van der Waals surface area contributed by atoms with Crippen LogP contribution in [0.25, 0.3) is 10.6 Å². The Morgan fingerprint density at radius 3 is 2.82 bits per heavy atom. The number of carbonyl (C=O) groups excluding carboxylic acids is 2. The van der Waals surface area contributed by atoms with E-state index in [1.165, 1.54) is 16.2 Å². The predicted molar refractivity (Wildman–Crippen MR) is 125 cm³/mol. The average Bonchev–Trinajstić information content (AvgIpc) is 3.56. The highest BCUT2D eigenvalue weighted by atomic mass is 35.5. The van der Waals surface area contributed by atoms with E-state index in [9.17, 15) is 9.59 Å². The summed E-state index contributed by atoms with van der Waals surface area (Å²) in [5.41, 5.74) is 2.32. The second-order valence-electron chi connectivity index (χ2n) is 7.72. The van der Waals surface area contributed by atoms with Crippen LogP contribution in [-0.4, -0.2) is 46.4 Å². The number of ether oxygens (including phenoxy) is 2. The van der Waals surface area contributed by atoms with Crippen LogP contribution in [0.2, 0.25) is 5.02 Å².